The van der Waals surface area contributed by atoms with E-state index in [4.69, 9.17) is 24.3 Å². The number of amides is 1. The molecule has 1 aliphatic carbocycles. The molecule has 1 saturated heterocycles. The zero-order valence-corrected chi connectivity index (χ0v) is 20.4. The second kappa shape index (κ2) is 10.6. The van der Waals surface area contributed by atoms with Crippen LogP contribution in [-0.4, -0.2) is 67.0 Å². The number of nitrogens with zero attached hydrogens (tertiary/aromatic N) is 4. The van der Waals surface area contributed by atoms with Crippen LogP contribution in [0.4, 0.5) is 0 Å². The Morgan fingerprint density at radius 2 is 1.66 bits per heavy atom. The van der Waals surface area contributed by atoms with Crippen molar-refractivity contribution < 1.29 is 19.0 Å². The Hall–Kier alpha value is -3.23. The van der Waals surface area contributed by atoms with Gasteiger partial charge in [-0.3, -0.25) is 14.7 Å². The van der Waals surface area contributed by atoms with Gasteiger partial charge in [0.05, 0.1) is 57.0 Å². The van der Waals surface area contributed by atoms with Gasteiger partial charge in [-0.2, -0.15) is 5.10 Å². The fraction of sp³-hybridized carbons (Fsp3) is 0.444. The Bertz CT molecular complexity index is 1130. The monoisotopic (exact) mass is 476 g/mol. The molecule has 5 rings (SSSR count). The van der Waals surface area contributed by atoms with E-state index >= 15 is 0 Å². The Labute approximate surface area is 206 Å². The van der Waals surface area contributed by atoms with Crippen LogP contribution in [0.3, 0.4) is 0 Å². The number of hydrogen-bond acceptors (Lipinski definition) is 7. The molecule has 1 aromatic carbocycles. The van der Waals surface area contributed by atoms with Gasteiger partial charge >= 0.3 is 0 Å². The molecule has 0 spiro atoms. The van der Waals surface area contributed by atoms with Crippen LogP contribution >= 0.6 is 0 Å². The smallest absolute Gasteiger partial charge is 0.247 e. The Balaban J connectivity index is 1.42. The highest BCUT2D eigenvalue weighted by molar-refractivity contribution is 6.07. The van der Waals surface area contributed by atoms with E-state index in [2.05, 4.69) is 17.1 Å². The minimum absolute atomic E-state index is 0.0439. The van der Waals surface area contributed by atoms with Gasteiger partial charge in [0.25, 0.3) is 0 Å². The van der Waals surface area contributed by atoms with Crippen molar-refractivity contribution >= 4 is 11.6 Å². The second-order valence-electron chi connectivity index (χ2n) is 9.12. The minimum atomic E-state index is -0.128. The highest BCUT2D eigenvalue weighted by Gasteiger charge is 2.40. The van der Waals surface area contributed by atoms with Crippen LogP contribution in [0, 0.1) is 11.8 Å². The van der Waals surface area contributed by atoms with Crippen molar-refractivity contribution in [2.75, 3.05) is 40.5 Å². The standard InChI is InChI=1S/C27H32N4O4/c1-33-24-11-10-19(16-25(24)34-2)26-22-8-3-4-9-23(22)27(32)31(29-26)18-21-7-5-6-20(28-21)17-30-12-14-35-15-13-30/h3-7,10-11,16,22-23H,8-9,12-15,17-18H2,1-2H3. The van der Waals surface area contributed by atoms with E-state index < -0.39 is 0 Å². The molecule has 1 aromatic heterocycles. The zero-order chi connectivity index (χ0) is 24.2. The first-order chi connectivity index (χ1) is 17.2. The number of rotatable bonds is 7. The van der Waals surface area contributed by atoms with Crippen LogP contribution in [-0.2, 0) is 22.6 Å². The SMILES string of the molecule is COc1ccc(C2=NN(Cc3cccc(CN4CCOCC4)n3)C(=O)C3CC=CCC23)cc1OC. The van der Waals surface area contributed by atoms with Crippen LogP contribution in [0.25, 0.3) is 0 Å². The maximum absolute atomic E-state index is 13.5. The lowest BCUT2D eigenvalue weighted by molar-refractivity contribution is -0.138. The molecule has 2 aromatic rings. The maximum Gasteiger partial charge on any atom is 0.247 e. The van der Waals surface area contributed by atoms with Crippen molar-refractivity contribution in [2.45, 2.75) is 25.9 Å². The molecule has 184 valence electrons. The van der Waals surface area contributed by atoms with Crippen molar-refractivity contribution in [1.82, 2.24) is 14.9 Å². The first kappa shape index (κ1) is 23.5. The molecule has 1 fully saturated rings. The van der Waals surface area contributed by atoms with Crippen molar-refractivity contribution in [3.63, 3.8) is 0 Å². The third-order valence-corrected chi connectivity index (χ3v) is 6.93. The van der Waals surface area contributed by atoms with Crippen LogP contribution in [0.2, 0.25) is 0 Å². The highest BCUT2D eigenvalue weighted by Crippen LogP contribution is 2.37. The summed E-state index contributed by atoms with van der Waals surface area (Å²) in [6.45, 7) is 4.46. The number of carbonyl (C=O) groups excluding carboxylic acids is 1. The summed E-state index contributed by atoms with van der Waals surface area (Å²) >= 11 is 0. The second-order valence-corrected chi connectivity index (χ2v) is 9.12. The molecule has 3 aliphatic rings. The first-order valence-electron chi connectivity index (χ1n) is 12.2. The fourth-order valence-electron chi connectivity index (χ4n) is 5.06. The summed E-state index contributed by atoms with van der Waals surface area (Å²) in [5, 5.41) is 6.50. The van der Waals surface area contributed by atoms with E-state index in [1.54, 1.807) is 19.2 Å². The fourth-order valence-corrected chi connectivity index (χ4v) is 5.06. The molecule has 0 saturated carbocycles. The maximum atomic E-state index is 13.5. The van der Waals surface area contributed by atoms with Gasteiger partial charge in [-0.15, -0.1) is 0 Å². The number of hydrogen-bond donors (Lipinski definition) is 0. The minimum Gasteiger partial charge on any atom is -0.493 e. The largest absolute Gasteiger partial charge is 0.493 e. The van der Waals surface area contributed by atoms with Gasteiger partial charge in [0.1, 0.15) is 0 Å². The third-order valence-electron chi connectivity index (χ3n) is 6.93. The molecule has 8 heteroatoms. The number of aromatic nitrogens is 1. The molecule has 2 unspecified atom stereocenters. The van der Waals surface area contributed by atoms with Crippen molar-refractivity contribution in [1.29, 1.82) is 0 Å². The van der Waals surface area contributed by atoms with Gasteiger partial charge in [-0.05, 0) is 43.2 Å². The molecule has 0 bridgehead atoms. The van der Waals surface area contributed by atoms with Crippen molar-refractivity contribution in [3.05, 3.63) is 65.5 Å². The topological polar surface area (TPSA) is 76.5 Å². The number of ether oxygens (including phenoxy) is 3. The van der Waals surface area contributed by atoms with E-state index in [1.165, 1.54) is 0 Å². The van der Waals surface area contributed by atoms with Crippen molar-refractivity contribution in [3.8, 4) is 11.5 Å². The van der Waals surface area contributed by atoms with Gasteiger partial charge in [-0.1, -0.05) is 18.2 Å². The molecule has 0 radical (unpaired) electrons. The molecule has 2 atom stereocenters. The van der Waals surface area contributed by atoms with Crippen LogP contribution < -0.4 is 9.47 Å². The lowest BCUT2D eigenvalue weighted by Crippen LogP contribution is -2.45. The number of allylic oxidation sites excluding steroid dienone is 2. The summed E-state index contributed by atoms with van der Waals surface area (Å²) in [5.41, 5.74) is 3.68. The number of hydrazone groups is 1. The average Bonchev–Trinajstić information content (AvgIpc) is 2.91. The zero-order valence-electron chi connectivity index (χ0n) is 20.4. The number of carbonyl (C=O) groups is 1. The quantitative estimate of drug-likeness (QED) is 0.571. The summed E-state index contributed by atoms with van der Waals surface area (Å²) in [7, 11) is 3.25. The summed E-state index contributed by atoms with van der Waals surface area (Å²) in [5.74, 6) is 1.29. The van der Waals surface area contributed by atoms with Crippen LogP contribution in [0.5, 0.6) is 11.5 Å². The summed E-state index contributed by atoms with van der Waals surface area (Å²) in [4.78, 5) is 20.6. The van der Waals surface area contributed by atoms with Gasteiger partial charge in [0.2, 0.25) is 5.91 Å². The predicted molar refractivity (Wildman–Crippen MR) is 132 cm³/mol. The van der Waals surface area contributed by atoms with Gasteiger partial charge in [0, 0.05) is 31.1 Å². The number of benzene rings is 1. The van der Waals surface area contributed by atoms with Crippen LogP contribution in [0.15, 0.2) is 53.7 Å². The molecule has 0 N–H and O–H groups in total. The molecule has 35 heavy (non-hydrogen) atoms. The van der Waals surface area contributed by atoms with Gasteiger partial charge < -0.3 is 14.2 Å². The van der Waals surface area contributed by atoms with E-state index in [0.717, 1.165) is 68.4 Å². The summed E-state index contributed by atoms with van der Waals surface area (Å²) in [6.07, 6.45) is 5.77. The summed E-state index contributed by atoms with van der Waals surface area (Å²) in [6, 6.07) is 11.8. The Kier molecular flexibility index (Phi) is 7.11. The Morgan fingerprint density at radius 1 is 0.943 bits per heavy atom. The highest BCUT2D eigenvalue weighted by atomic mass is 16.5. The third kappa shape index (κ3) is 5.09. The molecule has 1 amide bonds. The first-order valence-corrected chi connectivity index (χ1v) is 12.2. The van der Waals surface area contributed by atoms with Gasteiger partial charge in [-0.25, -0.2) is 5.01 Å². The lowest BCUT2D eigenvalue weighted by Gasteiger charge is -2.37. The van der Waals surface area contributed by atoms with E-state index in [1.807, 2.05) is 36.4 Å². The summed E-state index contributed by atoms with van der Waals surface area (Å²) < 4.78 is 16.4. The van der Waals surface area contributed by atoms with Crippen molar-refractivity contribution in [2.24, 2.45) is 16.9 Å². The normalized spacial score (nSPS) is 22.5. The molecule has 8 nitrogen and oxygen atoms in total. The number of morpholine rings is 1. The van der Waals surface area contributed by atoms with E-state index in [-0.39, 0.29) is 17.7 Å². The molecular formula is C27H32N4O4. The molecule has 3 heterocycles. The number of methoxy groups -OCH3 is 2. The predicted octanol–water partition coefficient (Wildman–Crippen LogP) is 3.26. The molecule has 2 aliphatic heterocycles. The number of pyridine rings is 1. The van der Waals surface area contributed by atoms with Crippen LogP contribution in [0.1, 0.15) is 29.8 Å². The van der Waals surface area contributed by atoms with E-state index in [0.29, 0.717) is 18.0 Å². The average molecular weight is 477 g/mol. The number of fused-ring (bicyclic) bond motifs is 1. The van der Waals surface area contributed by atoms with E-state index in [9.17, 15) is 4.79 Å². The van der Waals surface area contributed by atoms with Gasteiger partial charge in [0.15, 0.2) is 11.5 Å². The Morgan fingerprint density at radius 3 is 2.40 bits per heavy atom. The lowest BCUT2D eigenvalue weighted by atomic mass is 9.76. The molecular weight excluding hydrogens is 444 g/mol.